The number of rotatable bonds is 45. The van der Waals surface area contributed by atoms with Crippen LogP contribution in [0.2, 0.25) is 0 Å². The summed E-state index contributed by atoms with van der Waals surface area (Å²) in [7, 11) is 0. The minimum atomic E-state index is -0.553. The molecule has 5 nitrogen and oxygen atoms in total. The van der Waals surface area contributed by atoms with Crippen LogP contribution in [0.15, 0.2) is 60.8 Å². The van der Waals surface area contributed by atoms with Crippen molar-refractivity contribution in [3.05, 3.63) is 60.8 Å². The fraction of sp³-hybridized carbons (Fsp3) is 0.774. The van der Waals surface area contributed by atoms with E-state index < -0.39 is 6.10 Å². The summed E-state index contributed by atoms with van der Waals surface area (Å²) in [6, 6.07) is 0. The maximum atomic E-state index is 12.8. The van der Waals surface area contributed by atoms with E-state index in [0.717, 1.165) is 83.5 Å². The standard InChI is InChI=1S/C53H94O5/c1-4-7-10-13-16-19-22-25-27-29-31-34-37-40-43-46-52(54)57-50-51(49-56-48-45-42-39-36-33-30-26-23-20-17-14-11-8-5-2)58-53(55)47-44-41-38-35-32-28-24-21-18-15-12-9-6-3/h8,11-12,15,17,20-21,24,26,30,51H,4-7,9-10,13-14,16,18-19,22-23,25,27-29,31-50H2,1-3H3/b11-8-,15-12-,20-17-,24-21-,30-26-. The molecule has 0 aliphatic rings. The highest BCUT2D eigenvalue weighted by Gasteiger charge is 2.17. The number of hydrogen-bond donors (Lipinski definition) is 0. The van der Waals surface area contributed by atoms with E-state index in [2.05, 4.69) is 81.5 Å². The van der Waals surface area contributed by atoms with E-state index in [9.17, 15) is 9.59 Å². The van der Waals surface area contributed by atoms with E-state index in [0.29, 0.717) is 19.4 Å². The van der Waals surface area contributed by atoms with Crippen molar-refractivity contribution in [3.8, 4) is 0 Å². The Morgan fingerprint density at radius 1 is 0.397 bits per heavy atom. The highest BCUT2D eigenvalue weighted by molar-refractivity contribution is 5.70. The van der Waals surface area contributed by atoms with Crippen LogP contribution in [0.4, 0.5) is 0 Å². The van der Waals surface area contributed by atoms with E-state index in [-0.39, 0.29) is 25.2 Å². The molecule has 0 saturated heterocycles. The van der Waals surface area contributed by atoms with Crippen LogP contribution in [0.1, 0.15) is 239 Å². The first kappa shape index (κ1) is 55.6. The summed E-state index contributed by atoms with van der Waals surface area (Å²) in [5, 5.41) is 0. The number of ether oxygens (including phenoxy) is 3. The molecule has 0 saturated carbocycles. The van der Waals surface area contributed by atoms with Gasteiger partial charge in [0.2, 0.25) is 0 Å². The Balaban J connectivity index is 4.30. The van der Waals surface area contributed by atoms with Gasteiger partial charge in [0, 0.05) is 19.4 Å². The molecule has 5 heteroatoms. The Kier molecular flexibility index (Phi) is 46.9. The summed E-state index contributed by atoms with van der Waals surface area (Å²) in [4.78, 5) is 25.3. The molecule has 0 aromatic rings. The van der Waals surface area contributed by atoms with Gasteiger partial charge in [-0.1, -0.05) is 210 Å². The van der Waals surface area contributed by atoms with Crippen molar-refractivity contribution in [1.82, 2.24) is 0 Å². The first-order valence-corrected chi connectivity index (χ1v) is 24.8. The number of unbranched alkanes of at least 4 members (excludes halogenated alkanes) is 24. The van der Waals surface area contributed by atoms with Gasteiger partial charge in [0.25, 0.3) is 0 Å². The van der Waals surface area contributed by atoms with Crippen molar-refractivity contribution in [3.63, 3.8) is 0 Å². The minimum absolute atomic E-state index is 0.0716. The Morgan fingerprint density at radius 2 is 0.810 bits per heavy atom. The molecule has 0 heterocycles. The van der Waals surface area contributed by atoms with Crippen molar-refractivity contribution in [2.24, 2.45) is 0 Å². The van der Waals surface area contributed by atoms with Crippen LogP contribution in [0.3, 0.4) is 0 Å². The lowest BCUT2D eigenvalue weighted by molar-refractivity contribution is -0.163. The fourth-order valence-corrected chi connectivity index (χ4v) is 6.86. The molecule has 0 spiro atoms. The smallest absolute Gasteiger partial charge is 0.306 e. The predicted molar refractivity (Wildman–Crippen MR) is 251 cm³/mol. The van der Waals surface area contributed by atoms with Crippen molar-refractivity contribution in [1.29, 1.82) is 0 Å². The van der Waals surface area contributed by atoms with Gasteiger partial charge in [-0.2, -0.15) is 0 Å². The maximum Gasteiger partial charge on any atom is 0.306 e. The van der Waals surface area contributed by atoms with Crippen molar-refractivity contribution >= 4 is 11.9 Å². The van der Waals surface area contributed by atoms with Gasteiger partial charge in [-0.15, -0.1) is 0 Å². The predicted octanol–water partition coefficient (Wildman–Crippen LogP) is 16.6. The average molecular weight is 811 g/mol. The molecule has 0 N–H and O–H groups in total. The molecule has 0 aliphatic heterocycles. The third-order valence-electron chi connectivity index (χ3n) is 10.5. The summed E-state index contributed by atoms with van der Waals surface area (Å²) in [6.07, 6.45) is 60.8. The Labute approximate surface area is 360 Å². The van der Waals surface area contributed by atoms with Crippen molar-refractivity contribution in [2.45, 2.75) is 245 Å². The van der Waals surface area contributed by atoms with Gasteiger partial charge in [-0.05, 0) is 77.0 Å². The lowest BCUT2D eigenvalue weighted by Crippen LogP contribution is -2.30. The molecule has 0 amide bonds. The molecule has 58 heavy (non-hydrogen) atoms. The van der Waals surface area contributed by atoms with Crippen LogP contribution >= 0.6 is 0 Å². The van der Waals surface area contributed by atoms with Gasteiger partial charge >= 0.3 is 11.9 Å². The first-order valence-electron chi connectivity index (χ1n) is 24.8. The van der Waals surface area contributed by atoms with Crippen molar-refractivity contribution < 1.29 is 23.8 Å². The molecule has 0 bridgehead atoms. The summed E-state index contributed by atoms with van der Waals surface area (Å²) in [5.41, 5.74) is 0. The SMILES string of the molecule is CC/C=C\C/C=C\C/C=C\CCCCCCOCC(COC(=O)CCCCCCCCCCCCCCCCC)OC(=O)CCCCCCC/C=C\C/C=C\CCC. The van der Waals surface area contributed by atoms with Gasteiger partial charge in [-0.25, -0.2) is 0 Å². The summed E-state index contributed by atoms with van der Waals surface area (Å²) in [6.45, 7) is 7.61. The quantitative estimate of drug-likeness (QED) is 0.0348. The molecule has 0 aromatic heterocycles. The van der Waals surface area contributed by atoms with Gasteiger partial charge < -0.3 is 14.2 Å². The highest BCUT2D eigenvalue weighted by Crippen LogP contribution is 2.15. The normalized spacial score (nSPS) is 12.7. The van der Waals surface area contributed by atoms with Gasteiger partial charge in [-0.3, -0.25) is 9.59 Å². The van der Waals surface area contributed by atoms with Gasteiger partial charge in [0.15, 0.2) is 6.10 Å². The second-order valence-corrected chi connectivity index (χ2v) is 16.3. The zero-order valence-corrected chi connectivity index (χ0v) is 38.6. The second kappa shape index (κ2) is 49.0. The minimum Gasteiger partial charge on any atom is -0.462 e. The topological polar surface area (TPSA) is 61.8 Å². The third-order valence-corrected chi connectivity index (χ3v) is 10.5. The number of hydrogen-bond acceptors (Lipinski definition) is 5. The van der Waals surface area contributed by atoms with Crippen LogP contribution in [0.5, 0.6) is 0 Å². The number of esters is 2. The Morgan fingerprint density at radius 3 is 1.31 bits per heavy atom. The maximum absolute atomic E-state index is 12.8. The molecule has 1 unspecified atom stereocenters. The molecular weight excluding hydrogens is 717 g/mol. The van der Waals surface area contributed by atoms with E-state index in [1.54, 1.807) is 0 Å². The second-order valence-electron chi connectivity index (χ2n) is 16.3. The van der Waals surface area contributed by atoms with Crippen LogP contribution in [-0.4, -0.2) is 37.9 Å². The molecule has 336 valence electrons. The monoisotopic (exact) mass is 811 g/mol. The zero-order chi connectivity index (χ0) is 42.1. The summed E-state index contributed by atoms with van der Waals surface area (Å²) >= 11 is 0. The van der Waals surface area contributed by atoms with E-state index in [1.807, 2.05) is 0 Å². The molecule has 1 atom stereocenters. The van der Waals surface area contributed by atoms with Crippen LogP contribution in [-0.2, 0) is 23.8 Å². The van der Waals surface area contributed by atoms with E-state index in [4.69, 9.17) is 14.2 Å². The highest BCUT2D eigenvalue weighted by atomic mass is 16.6. The summed E-state index contributed by atoms with van der Waals surface area (Å²) in [5.74, 6) is -0.421. The number of allylic oxidation sites excluding steroid dienone is 10. The third kappa shape index (κ3) is 46.3. The zero-order valence-electron chi connectivity index (χ0n) is 38.6. The lowest BCUT2D eigenvalue weighted by atomic mass is 10.0. The largest absolute Gasteiger partial charge is 0.462 e. The van der Waals surface area contributed by atoms with E-state index in [1.165, 1.54) is 122 Å². The Bertz CT molecular complexity index is 1010. The van der Waals surface area contributed by atoms with Gasteiger partial charge in [0.05, 0.1) is 6.61 Å². The lowest BCUT2D eigenvalue weighted by Gasteiger charge is -2.18. The Hall–Kier alpha value is -2.40. The van der Waals surface area contributed by atoms with Crippen LogP contribution < -0.4 is 0 Å². The van der Waals surface area contributed by atoms with E-state index >= 15 is 0 Å². The number of carbonyl (C=O) groups excluding carboxylic acids is 2. The molecule has 0 fully saturated rings. The van der Waals surface area contributed by atoms with Gasteiger partial charge in [0.1, 0.15) is 6.61 Å². The van der Waals surface area contributed by atoms with Crippen LogP contribution in [0.25, 0.3) is 0 Å². The molecule has 0 aliphatic carbocycles. The molecule has 0 radical (unpaired) electrons. The molecule has 0 rings (SSSR count). The molecular formula is C53H94O5. The average Bonchev–Trinajstić information content (AvgIpc) is 3.22. The van der Waals surface area contributed by atoms with Crippen LogP contribution in [0, 0.1) is 0 Å². The van der Waals surface area contributed by atoms with Crippen molar-refractivity contribution in [2.75, 3.05) is 19.8 Å². The number of carbonyl (C=O) groups is 2. The summed E-state index contributed by atoms with van der Waals surface area (Å²) < 4.78 is 17.3. The first-order chi connectivity index (χ1) is 28.6. The fourth-order valence-electron chi connectivity index (χ4n) is 6.86. The molecule has 0 aromatic carbocycles.